The molecule has 58 heavy (non-hydrogen) atoms. The lowest BCUT2D eigenvalue weighted by atomic mass is 10.0. The van der Waals surface area contributed by atoms with Gasteiger partial charge in [-0.3, -0.25) is 19.1 Å². The summed E-state index contributed by atoms with van der Waals surface area (Å²) in [5, 5.41) is 6.19. The van der Waals surface area contributed by atoms with Gasteiger partial charge < -0.3 is 29.4 Å². The largest absolute Gasteiger partial charge is 0.484 e. The van der Waals surface area contributed by atoms with Crippen LogP contribution in [0.5, 0.6) is 5.75 Å². The number of carbonyl (C=O) groups excluding carboxylic acids is 4. The number of furan rings is 1. The first-order valence-corrected chi connectivity index (χ1v) is 21.9. The van der Waals surface area contributed by atoms with E-state index in [-0.39, 0.29) is 31.2 Å². The molecule has 4 amide bonds. The number of benzene rings is 2. The normalized spacial score (nSPS) is 27.1. The highest BCUT2D eigenvalue weighted by atomic mass is 32.2. The van der Waals surface area contributed by atoms with Crippen molar-refractivity contribution in [2.75, 3.05) is 6.54 Å². The van der Waals surface area contributed by atoms with Gasteiger partial charge in [-0.05, 0) is 88.5 Å². The lowest BCUT2D eigenvalue weighted by Gasteiger charge is -2.30. The molecule has 0 spiro atoms. The molecule has 4 aromatic rings. The van der Waals surface area contributed by atoms with Gasteiger partial charge in [-0.1, -0.05) is 37.1 Å². The van der Waals surface area contributed by atoms with Gasteiger partial charge in [0.1, 0.15) is 46.7 Å². The molecule has 306 valence electrons. The smallest absolute Gasteiger partial charge is 0.408 e. The van der Waals surface area contributed by atoms with E-state index in [4.69, 9.17) is 18.9 Å². The summed E-state index contributed by atoms with van der Waals surface area (Å²) in [6.45, 7) is -0.0852. The number of para-hydroxylation sites is 1. The molecule has 5 atom stereocenters. The van der Waals surface area contributed by atoms with E-state index in [0.29, 0.717) is 65.1 Å². The van der Waals surface area contributed by atoms with E-state index in [1.54, 1.807) is 12.1 Å². The molecule has 3 N–H and O–H groups in total. The first-order valence-electron chi connectivity index (χ1n) is 20.4. The van der Waals surface area contributed by atoms with Crippen LogP contribution in [0, 0.1) is 11.7 Å². The highest BCUT2D eigenvalue weighted by Crippen LogP contribution is 2.46. The summed E-state index contributed by atoms with van der Waals surface area (Å²) < 4.78 is 61.3. The maximum absolute atomic E-state index is 14.7. The quantitative estimate of drug-likeness (QED) is 0.197. The number of ether oxygens (including phenoxy) is 2. The molecule has 2 aromatic carbocycles. The first kappa shape index (κ1) is 38.3. The predicted octanol–water partition coefficient (Wildman–Crippen LogP) is 5.66. The van der Waals surface area contributed by atoms with Crippen molar-refractivity contribution in [2.24, 2.45) is 5.92 Å². The second-order valence-electron chi connectivity index (χ2n) is 16.4. The second kappa shape index (κ2) is 15.2. The summed E-state index contributed by atoms with van der Waals surface area (Å²) in [5.41, 5.74) is 0.0886. The van der Waals surface area contributed by atoms with Crippen LogP contribution in [-0.4, -0.2) is 83.7 Å². The number of pyridine rings is 1. The maximum atomic E-state index is 14.7. The molecule has 2 aromatic heterocycles. The van der Waals surface area contributed by atoms with Crippen molar-refractivity contribution >= 4 is 66.8 Å². The van der Waals surface area contributed by atoms with Crippen LogP contribution in [0.3, 0.4) is 0 Å². The Kier molecular flexibility index (Phi) is 10.0. The monoisotopic (exact) mass is 815 g/mol. The maximum Gasteiger partial charge on any atom is 0.408 e. The van der Waals surface area contributed by atoms with Crippen molar-refractivity contribution in [1.82, 2.24) is 25.2 Å². The van der Waals surface area contributed by atoms with E-state index >= 15 is 0 Å². The molecular formula is C42H46FN5O9S. The van der Waals surface area contributed by atoms with Crippen LogP contribution in [0.1, 0.15) is 83.5 Å². The number of aromatic nitrogens is 1. The molecule has 4 fully saturated rings. The number of sulfonamides is 1. The molecule has 1 saturated heterocycles. The third kappa shape index (κ3) is 7.46. The van der Waals surface area contributed by atoms with Crippen molar-refractivity contribution in [3.8, 4) is 5.75 Å². The molecule has 2 aliphatic heterocycles. The van der Waals surface area contributed by atoms with Crippen molar-refractivity contribution in [1.29, 1.82) is 0 Å². The average molecular weight is 816 g/mol. The SMILES string of the molecule is O=C(N[C@H]1CCCCCC=C[C@@H]2C[C@@]2(C(=O)NS(=O)(=O)C2CC2)NC(=O)[C@@H]2C[C@@H](Oc3c4ccc(F)cc4nc4c3oc3ccccc34)CN2C1=O)OC1CCCC1. The number of fused-ring (bicyclic) bond motifs is 6. The number of nitrogens with zero attached hydrogens (tertiary/aromatic N) is 2. The topological polar surface area (TPSA) is 186 Å². The number of carbonyl (C=O) groups is 4. The molecular weight excluding hydrogens is 770 g/mol. The Labute approximate surface area is 334 Å². The van der Waals surface area contributed by atoms with E-state index in [9.17, 15) is 32.0 Å². The van der Waals surface area contributed by atoms with Crippen molar-refractivity contribution in [3.63, 3.8) is 0 Å². The van der Waals surface area contributed by atoms with E-state index in [1.807, 2.05) is 30.4 Å². The standard InChI is InChI=1S/C42H46FN5O9S/c43-25-16-19-29-32(20-25)44-35-30-13-8-9-15-34(30)57-37(35)36(29)55-27-21-33-38(49)46-42(40(51)47-58(53,54)28-17-18-28)22-24(42)10-4-2-1-3-5-14-31(39(50)48(33)23-27)45-41(52)56-26-11-6-7-12-26/h4,8-10,13,15-16,19-20,24,26-28,31,33H,1-3,5-7,11-12,14,17-18,21-23H2,(H,45,52)(H,46,49)(H,47,51)/t24-,27-,31+,33+,42-/m1/s1. The van der Waals surface area contributed by atoms with Crippen LogP contribution >= 0.6 is 0 Å². The number of rotatable bonds is 7. The van der Waals surface area contributed by atoms with Crippen LogP contribution < -0.4 is 20.1 Å². The highest BCUT2D eigenvalue weighted by Gasteiger charge is 2.62. The van der Waals surface area contributed by atoms with Crippen molar-refractivity contribution in [2.45, 2.75) is 119 Å². The van der Waals surface area contributed by atoms with Gasteiger partial charge in [-0.15, -0.1) is 0 Å². The minimum atomic E-state index is -3.93. The molecule has 16 heteroatoms. The highest BCUT2D eigenvalue weighted by molar-refractivity contribution is 7.91. The molecule has 0 unspecified atom stereocenters. The van der Waals surface area contributed by atoms with E-state index in [2.05, 4.69) is 15.4 Å². The molecule has 9 rings (SSSR count). The minimum Gasteiger partial charge on any atom is -0.484 e. The summed E-state index contributed by atoms with van der Waals surface area (Å²) in [5.74, 6) is -2.67. The third-order valence-electron chi connectivity index (χ3n) is 12.2. The number of amides is 4. The summed E-state index contributed by atoms with van der Waals surface area (Å²) in [7, 11) is -3.93. The molecule has 3 saturated carbocycles. The minimum absolute atomic E-state index is 0.0257. The van der Waals surface area contributed by atoms with Gasteiger partial charge in [0.25, 0.3) is 5.91 Å². The molecule has 4 heterocycles. The molecule has 0 radical (unpaired) electrons. The molecule has 5 aliphatic rings. The Morgan fingerprint density at radius 3 is 2.57 bits per heavy atom. The second-order valence-corrected chi connectivity index (χ2v) is 18.3. The molecule has 14 nitrogen and oxygen atoms in total. The Morgan fingerprint density at radius 1 is 0.966 bits per heavy atom. The zero-order chi connectivity index (χ0) is 40.2. The van der Waals surface area contributed by atoms with Gasteiger partial charge >= 0.3 is 6.09 Å². The zero-order valence-electron chi connectivity index (χ0n) is 31.9. The number of hydrogen-bond acceptors (Lipinski definition) is 10. The summed E-state index contributed by atoms with van der Waals surface area (Å²) in [4.78, 5) is 62.4. The van der Waals surface area contributed by atoms with Crippen LogP contribution in [0.2, 0.25) is 0 Å². The van der Waals surface area contributed by atoms with Gasteiger partial charge in [0, 0.05) is 29.2 Å². The molecule has 3 aliphatic carbocycles. The van der Waals surface area contributed by atoms with Gasteiger partial charge in [-0.2, -0.15) is 0 Å². The number of allylic oxidation sites excluding steroid dienone is 1. The summed E-state index contributed by atoms with van der Waals surface area (Å²) >= 11 is 0. The fraction of sp³-hybridized carbons (Fsp3) is 0.500. The Morgan fingerprint density at radius 2 is 1.76 bits per heavy atom. The van der Waals surface area contributed by atoms with Gasteiger partial charge in [0.05, 0.1) is 17.3 Å². The van der Waals surface area contributed by atoms with E-state index < -0.39 is 74.5 Å². The predicted molar refractivity (Wildman–Crippen MR) is 210 cm³/mol. The molecule has 0 bridgehead atoms. The van der Waals surface area contributed by atoms with E-state index in [1.165, 1.54) is 17.0 Å². The average Bonchev–Trinajstić information content (AvgIpc) is 4.01. The van der Waals surface area contributed by atoms with Gasteiger partial charge in [-0.25, -0.2) is 22.6 Å². The van der Waals surface area contributed by atoms with Crippen molar-refractivity contribution < 1.29 is 45.9 Å². The number of alkyl carbamates (subject to hydrolysis) is 1. The number of nitrogens with one attached hydrogen (secondary N) is 3. The first-order chi connectivity index (χ1) is 28.0. The lowest BCUT2D eigenvalue weighted by molar-refractivity contribution is -0.141. The fourth-order valence-corrected chi connectivity index (χ4v) is 10.2. The number of hydrogen-bond donors (Lipinski definition) is 3. The Balaban J connectivity index is 1.06. The van der Waals surface area contributed by atoms with Crippen LogP contribution in [0.15, 0.2) is 59.0 Å². The number of halogens is 1. The van der Waals surface area contributed by atoms with Crippen LogP contribution in [0.4, 0.5) is 9.18 Å². The van der Waals surface area contributed by atoms with Crippen molar-refractivity contribution in [3.05, 3.63) is 60.4 Å². The summed E-state index contributed by atoms with van der Waals surface area (Å²) in [6, 6.07) is 9.21. The summed E-state index contributed by atoms with van der Waals surface area (Å²) in [6.07, 6.45) is 9.64. The fourth-order valence-electron chi connectivity index (χ4n) is 8.79. The lowest BCUT2D eigenvalue weighted by Crippen LogP contribution is -2.58. The zero-order valence-corrected chi connectivity index (χ0v) is 32.7. The van der Waals surface area contributed by atoms with Crippen LogP contribution in [0.25, 0.3) is 33.0 Å². The Hall–Kier alpha value is -5.25. The van der Waals surface area contributed by atoms with E-state index in [0.717, 1.165) is 38.5 Å². The van der Waals surface area contributed by atoms with Gasteiger partial charge in [0.2, 0.25) is 21.8 Å². The third-order valence-corrected chi connectivity index (χ3v) is 14.0. The van der Waals surface area contributed by atoms with Crippen LogP contribution in [-0.2, 0) is 29.1 Å². The Bertz CT molecular complexity index is 2440. The van der Waals surface area contributed by atoms with Gasteiger partial charge in [0.15, 0.2) is 11.3 Å².